The van der Waals surface area contributed by atoms with Gasteiger partial charge in [-0.05, 0) is 37.0 Å². The largest absolute Gasteiger partial charge is 0.350 e. The molecule has 0 radical (unpaired) electrons. The van der Waals surface area contributed by atoms with Gasteiger partial charge in [0.15, 0.2) is 0 Å². The number of rotatable bonds is 6. The molecule has 2 aromatic rings. The number of nitrogens with one attached hydrogen (secondary N) is 1. The summed E-state index contributed by atoms with van der Waals surface area (Å²) in [5.74, 6) is -0.351. The summed E-state index contributed by atoms with van der Waals surface area (Å²) in [6.45, 7) is 3.05. The topological polar surface area (TPSA) is 88.5 Å². The molecule has 1 aromatic heterocycles. The number of carbonyl (C=O) groups is 1. The van der Waals surface area contributed by atoms with Crippen molar-refractivity contribution in [3.63, 3.8) is 0 Å². The van der Waals surface area contributed by atoms with Crippen LogP contribution in [-0.2, 0) is 27.9 Å². The van der Waals surface area contributed by atoms with E-state index in [1.165, 1.54) is 22.6 Å². The van der Waals surface area contributed by atoms with Gasteiger partial charge in [-0.1, -0.05) is 24.3 Å². The Kier molecular flexibility index (Phi) is 5.76. The fourth-order valence-corrected chi connectivity index (χ4v) is 4.61. The van der Waals surface area contributed by atoms with Crippen LogP contribution in [0.3, 0.4) is 0 Å². The first kappa shape index (κ1) is 19.3. The van der Waals surface area contributed by atoms with Gasteiger partial charge in [-0.2, -0.15) is 4.31 Å². The van der Waals surface area contributed by atoms with Crippen LogP contribution in [-0.4, -0.2) is 36.3 Å². The Bertz CT molecular complexity index is 992. The Labute approximate surface area is 158 Å². The molecule has 3 rings (SSSR count). The zero-order chi connectivity index (χ0) is 19.4. The Morgan fingerprint density at radius 1 is 1.11 bits per heavy atom. The van der Waals surface area contributed by atoms with Crippen molar-refractivity contribution in [1.29, 1.82) is 0 Å². The van der Waals surface area contributed by atoms with Crippen LogP contribution >= 0.6 is 0 Å². The minimum atomic E-state index is -3.63. The van der Waals surface area contributed by atoms with Gasteiger partial charge in [0.2, 0.25) is 15.9 Å². The first-order valence-electron chi connectivity index (χ1n) is 8.90. The van der Waals surface area contributed by atoms with Gasteiger partial charge < -0.3 is 9.88 Å². The number of hydrogen-bond acceptors (Lipinski definition) is 4. The maximum Gasteiger partial charge on any atom is 0.251 e. The van der Waals surface area contributed by atoms with Crippen LogP contribution in [0.2, 0.25) is 0 Å². The smallest absolute Gasteiger partial charge is 0.251 e. The Morgan fingerprint density at radius 3 is 2.52 bits per heavy atom. The Balaban J connectivity index is 1.72. The molecule has 7 nitrogen and oxygen atoms in total. The first-order valence-corrected chi connectivity index (χ1v) is 10.3. The van der Waals surface area contributed by atoms with Crippen molar-refractivity contribution in [1.82, 2.24) is 14.2 Å². The van der Waals surface area contributed by atoms with E-state index in [0.29, 0.717) is 19.6 Å². The normalized spacial score (nSPS) is 15.0. The van der Waals surface area contributed by atoms with E-state index in [1.807, 2.05) is 31.2 Å². The van der Waals surface area contributed by atoms with Crippen molar-refractivity contribution in [3.05, 3.63) is 64.1 Å². The maximum absolute atomic E-state index is 12.6. The predicted molar refractivity (Wildman–Crippen MR) is 102 cm³/mol. The summed E-state index contributed by atoms with van der Waals surface area (Å²) in [5, 5.41) is 2.77. The molecule has 0 atom stereocenters. The van der Waals surface area contributed by atoms with Crippen LogP contribution < -0.4 is 10.9 Å². The average molecular weight is 389 g/mol. The van der Waals surface area contributed by atoms with Crippen molar-refractivity contribution in [2.75, 3.05) is 13.1 Å². The van der Waals surface area contributed by atoms with Crippen LogP contribution in [0.4, 0.5) is 0 Å². The number of aromatic nitrogens is 1. The van der Waals surface area contributed by atoms with E-state index in [-0.39, 0.29) is 17.3 Å². The summed E-state index contributed by atoms with van der Waals surface area (Å²) in [6.07, 6.45) is 2.92. The predicted octanol–water partition coefficient (Wildman–Crippen LogP) is 1.26. The number of sulfonamides is 1. The summed E-state index contributed by atoms with van der Waals surface area (Å²) >= 11 is 0. The third-order valence-electron chi connectivity index (χ3n) is 4.71. The van der Waals surface area contributed by atoms with Crippen molar-refractivity contribution < 1.29 is 13.2 Å². The standard InChI is InChI=1S/C19H23N3O4S/c1-15-6-2-3-7-16(15)12-20-18(23)14-21-13-17(8-9-19(21)24)27(25,26)22-10-4-5-11-22/h2-3,6-9,13H,4-5,10-12,14H2,1H3,(H,20,23). The molecule has 0 saturated carbocycles. The van der Waals surface area contributed by atoms with Crippen LogP contribution in [0.1, 0.15) is 24.0 Å². The highest BCUT2D eigenvalue weighted by Crippen LogP contribution is 2.19. The summed E-state index contributed by atoms with van der Waals surface area (Å²) in [4.78, 5) is 24.3. The minimum absolute atomic E-state index is 0.0377. The highest BCUT2D eigenvalue weighted by atomic mass is 32.2. The highest BCUT2D eigenvalue weighted by molar-refractivity contribution is 7.89. The van der Waals surface area contributed by atoms with Gasteiger partial charge in [0.05, 0.1) is 4.90 Å². The number of nitrogens with zero attached hydrogens (tertiary/aromatic N) is 2. The molecule has 144 valence electrons. The van der Waals surface area contributed by atoms with Crippen LogP contribution in [0.25, 0.3) is 0 Å². The van der Waals surface area contributed by atoms with Gasteiger partial charge >= 0.3 is 0 Å². The van der Waals surface area contributed by atoms with Gasteiger partial charge in [0.25, 0.3) is 5.56 Å². The molecular formula is C19H23N3O4S. The summed E-state index contributed by atoms with van der Waals surface area (Å²) in [7, 11) is -3.63. The van der Waals surface area contributed by atoms with E-state index in [2.05, 4.69) is 5.32 Å². The van der Waals surface area contributed by atoms with Gasteiger partial charge in [-0.15, -0.1) is 0 Å². The monoisotopic (exact) mass is 389 g/mol. The second-order valence-electron chi connectivity index (χ2n) is 6.65. The fourth-order valence-electron chi connectivity index (χ4n) is 3.08. The van der Waals surface area contributed by atoms with E-state index < -0.39 is 15.6 Å². The van der Waals surface area contributed by atoms with Gasteiger partial charge in [-0.25, -0.2) is 8.42 Å². The summed E-state index contributed by atoms with van der Waals surface area (Å²) < 4.78 is 27.8. The molecule has 1 aliphatic heterocycles. The Hall–Kier alpha value is -2.45. The molecule has 0 spiro atoms. The second kappa shape index (κ2) is 8.06. The van der Waals surface area contributed by atoms with Crippen molar-refractivity contribution in [3.8, 4) is 0 Å². The molecular weight excluding hydrogens is 366 g/mol. The third-order valence-corrected chi connectivity index (χ3v) is 6.59. The van der Waals surface area contributed by atoms with Crippen molar-refractivity contribution in [2.45, 2.75) is 37.8 Å². The molecule has 27 heavy (non-hydrogen) atoms. The fraction of sp³-hybridized carbons (Fsp3) is 0.368. The van der Waals surface area contributed by atoms with Crippen LogP contribution in [0, 0.1) is 6.92 Å². The first-order chi connectivity index (χ1) is 12.9. The van der Waals surface area contributed by atoms with E-state index in [9.17, 15) is 18.0 Å². The lowest BCUT2D eigenvalue weighted by Gasteiger charge is -2.16. The van der Waals surface area contributed by atoms with Crippen LogP contribution in [0.5, 0.6) is 0 Å². The number of hydrogen-bond donors (Lipinski definition) is 1. The molecule has 1 saturated heterocycles. The molecule has 1 aromatic carbocycles. The second-order valence-corrected chi connectivity index (χ2v) is 8.58. The molecule has 1 amide bonds. The quantitative estimate of drug-likeness (QED) is 0.806. The van der Waals surface area contributed by atoms with Gasteiger partial charge in [0, 0.05) is 31.9 Å². The zero-order valence-electron chi connectivity index (χ0n) is 15.2. The van der Waals surface area contributed by atoms with Crippen molar-refractivity contribution in [2.24, 2.45) is 0 Å². The molecule has 1 fully saturated rings. The maximum atomic E-state index is 12.6. The molecule has 1 aliphatic rings. The lowest BCUT2D eigenvalue weighted by molar-refractivity contribution is -0.121. The lowest BCUT2D eigenvalue weighted by Crippen LogP contribution is -2.33. The van der Waals surface area contributed by atoms with Gasteiger partial charge in [-0.3, -0.25) is 9.59 Å². The van der Waals surface area contributed by atoms with Gasteiger partial charge in [0.1, 0.15) is 6.54 Å². The molecule has 8 heteroatoms. The molecule has 0 aliphatic carbocycles. The van der Waals surface area contributed by atoms with E-state index in [0.717, 1.165) is 28.5 Å². The number of amides is 1. The summed E-state index contributed by atoms with van der Waals surface area (Å²) in [5.41, 5.74) is 1.64. The number of carbonyl (C=O) groups excluding carboxylic acids is 1. The number of aryl methyl sites for hydroxylation is 1. The van der Waals surface area contributed by atoms with Crippen molar-refractivity contribution >= 4 is 15.9 Å². The molecule has 0 bridgehead atoms. The number of benzene rings is 1. The number of pyridine rings is 1. The minimum Gasteiger partial charge on any atom is -0.350 e. The zero-order valence-corrected chi connectivity index (χ0v) is 16.0. The van der Waals surface area contributed by atoms with E-state index in [1.54, 1.807) is 0 Å². The summed E-state index contributed by atoms with van der Waals surface area (Å²) in [6, 6.07) is 10.2. The van der Waals surface area contributed by atoms with E-state index in [4.69, 9.17) is 0 Å². The SMILES string of the molecule is Cc1ccccc1CNC(=O)Cn1cc(S(=O)(=O)N2CCCC2)ccc1=O. The lowest BCUT2D eigenvalue weighted by atomic mass is 10.1. The third kappa shape index (κ3) is 4.45. The Morgan fingerprint density at radius 2 is 1.81 bits per heavy atom. The molecule has 2 heterocycles. The molecule has 0 unspecified atom stereocenters. The highest BCUT2D eigenvalue weighted by Gasteiger charge is 2.27. The average Bonchev–Trinajstić information content (AvgIpc) is 3.18. The van der Waals surface area contributed by atoms with Crippen LogP contribution in [0.15, 0.2) is 52.3 Å². The van der Waals surface area contributed by atoms with E-state index >= 15 is 0 Å². The molecule has 1 N–H and O–H groups in total.